The third kappa shape index (κ3) is 6.54. The highest BCUT2D eigenvalue weighted by Gasteiger charge is 2.31. The minimum atomic E-state index is -0.744. The lowest BCUT2D eigenvalue weighted by molar-refractivity contribution is -0.140. The molecule has 172 valence electrons. The number of carbonyl (C=O) groups is 2. The molecule has 4 nitrogen and oxygen atoms in total. The van der Waals surface area contributed by atoms with Gasteiger partial charge in [-0.05, 0) is 42.7 Å². The lowest BCUT2D eigenvalue weighted by Crippen LogP contribution is -2.28. The fourth-order valence-corrected chi connectivity index (χ4v) is 5.03. The van der Waals surface area contributed by atoms with E-state index in [1.165, 1.54) is 44.6 Å². The van der Waals surface area contributed by atoms with E-state index in [1.807, 2.05) is 0 Å². The molecule has 1 fully saturated rings. The standard InChI is InChI=1S/C26H37FO4/c1-3-5-6-8-21-17-20-14-15-22(24(27)25(20)31-26(21)29)30-23(28)16-13-19-11-9-18(7-4-2)10-12-19/h14-15,18-19,21H,3-13,16-17H2,1-2H3. The van der Waals surface area contributed by atoms with Crippen LogP contribution in [0.3, 0.4) is 0 Å². The average molecular weight is 433 g/mol. The summed E-state index contributed by atoms with van der Waals surface area (Å²) in [6, 6.07) is 3.21. The number of unbranched alkanes of at least 4 members (excludes halogenated alkanes) is 2. The molecule has 0 amide bonds. The van der Waals surface area contributed by atoms with Crippen LogP contribution in [0, 0.1) is 23.6 Å². The van der Waals surface area contributed by atoms with Crippen LogP contribution in [-0.2, 0) is 16.0 Å². The quantitative estimate of drug-likeness (QED) is 0.232. The molecule has 1 aromatic carbocycles. The van der Waals surface area contributed by atoms with Crippen molar-refractivity contribution < 1.29 is 23.5 Å². The number of carbonyl (C=O) groups excluding carboxylic acids is 2. The Balaban J connectivity index is 1.51. The predicted molar refractivity (Wildman–Crippen MR) is 119 cm³/mol. The summed E-state index contributed by atoms with van der Waals surface area (Å²) in [5.74, 6) is -0.598. The summed E-state index contributed by atoms with van der Waals surface area (Å²) in [5.41, 5.74) is 0.669. The molecule has 1 atom stereocenters. The SMILES string of the molecule is CCCCCC1Cc2ccc(OC(=O)CCC3CCC(CCC)CC3)c(F)c2OC1=O. The number of hydrogen-bond acceptors (Lipinski definition) is 4. The summed E-state index contributed by atoms with van der Waals surface area (Å²) in [6.07, 6.45) is 12.8. The molecule has 0 aromatic heterocycles. The van der Waals surface area contributed by atoms with Crippen molar-refractivity contribution in [1.82, 2.24) is 0 Å². The molecule has 31 heavy (non-hydrogen) atoms. The Hall–Kier alpha value is -1.91. The van der Waals surface area contributed by atoms with Gasteiger partial charge in [-0.3, -0.25) is 9.59 Å². The van der Waals surface area contributed by atoms with Crippen molar-refractivity contribution in [2.45, 2.75) is 97.3 Å². The van der Waals surface area contributed by atoms with E-state index >= 15 is 0 Å². The van der Waals surface area contributed by atoms with Gasteiger partial charge < -0.3 is 9.47 Å². The Morgan fingerprint density at radius 1 is 1.03 bits per heavy atom. The van der Waals surface area contributed by atoms with Gasteiger partial charge in [0.25, 0.3) is 0 Å². The molecule has 0 N–H and O–H groups in total. The van der Waals surface area contributed by atoms with Gasteiger partial charge in [0.1, 0.15) is 0 Å². The van der Waals surface area contributed by atoms with Crippen LogP contribution in [0.5, 0.6) is 11.5 Å². The first-order valence-corrected chi connectivity index (χ1v) is 12.3. The molecule has 3 rings (SSSR count). The lowest BCUT2D eigenvalue weighted by Gasteiger charge is -2.28. The second-order valence-electron chi connectivity index (χ2n) is 9.37. The first-order valence-electron chi connectivity index (χ1n) is 12.3. The van der Waals surface area contributed by atoms with E-state index in [9.17, 15) is 14.0 Å². The van der Waals surface area contributed by atoms with Crippen LogP contribution in [0.2, 0.25) is 0 Å². The zero-order valence-corrected chi connectivity index (χ0v) is 19.1. The van der Waals surface area contributed by atoms with Crippen molar-refractivity contribution in [3.8, 4) is 11.5 Å². The Morgan fingerprint density at radius 3 is 2.42 bits per heavy atom. The van der Waals surface area contributed by atoms with Crippen molar-refractivity contribution in [3.05, 3.63) is 23.5 Å². The van der Waals surface area contributed by atoms with Gasteiger partial charge in [-0.1, -0.05) is 77.7 Å². The van der Waals surface area contributed by atoms with Gasteiger partial charge in [-0.15, -0.1) is 0 Å². The van der Waals surface area contributed by atoms with Crippen molar-refractivity contribution in [3.63, 3.8) is 0 Å². The third-order valence-corrected chi connectivity index (χ3v) is 6.95. The second kappa shape index (κ2) is 11.6. The smallest absolute Gasteiger partial charge is 0.314 e. The van der Waals surface area contributed by atoms with Gasteiger partial charge in [0.05, 0.1) is 5.92 Å². The number of esters is 2. The molecule has 0 saturated heterocycles. The minimum absolute atomic E-state index is 0.0729. The monoisotopic (exact) mass is 432 g/mol. The van der Waals surface area contributed by atoms with Gasteiger partial charge in [0, 0.05) is 6.42 Å². The molecular weight excluding hydrogens is 395 g/mol. The van der Waals surface area contributed by atoms with E-state index in [0.717, 1.165) is 38.0 Å². The molecule has 1 aliphatic carbocycles. The highest BCUT2D eigenvalue weighted by molar-refractivity contribution is 5.79. The van der Waals surface area contributed by atoms with Gasteiger partial charge in [-0.25, -0.2) is 0 Å². The van der Waals surface area contributed by atoms with Gasteiger partial charge >= 0.3 is 11.9 Å². The fourth-order valence-electron chi connectivity index (χ4n) is 5.03. The van der Waals surface area contributed by atoms with Crippen LogP contribution in [-0.4, -0.2) is 11.9 Å². The van der Waals surface area contributed by atoms with Crippen LogP contribution in [0.4, 0.5) is 4.39 Å². The maximum absolute atomic E-state index is 14.9. The third-order valence-electron chi connectivity index (χ3n) is 6.95. The summed E-state index contributed by atoms with van der Waals surface area (Å²) < 4.78 is 25.5. The highest BCUT2D eigenvalue weighted by Crippen LogP contribution is 2.38. The number of benzene rings is 1. The average Bonchev–Trinajstić information content (AvgIpc) is 2.76. The van der Waals surface area contributed by atoms with E-state index in [2.05, 4.69) is 13.8 Å². The van der Waals surface area contributed by atoms with E-state index in [0.29, 0.717) is 24.3 Å². The molecule has 1 aromatic rings. The van der Waals surface area contributed by atoms with Crippen LogP contribution >= 0.6 is 0 Å². The Morgan fingerprint density at radius 2 is 1.74 bits per heavy atom. The van der Waals surface area contributed by atoms with Gasteiger partial charge in [-0.2, -0.15) is 4.39 Å². The first-order chi connectivity index (χ1) is 15.0. The number of fused-ring (bicyclic) bond motifs is 1. The summed E-state index contributed by atoms with van der Waals surface area (Å²) in [7, 11) is 0. The zero-order chi connectivity index (χ0) is 22.2. The first kappa shape index (κ1) is 23.7. The molecule has 0 radical (unpaired) electrons. The van der Waals surface area contributed by atoms with Crippen LogP contribution in [0.25, 0.3) is 0 Å². The van der Waals surface area contributed by atoms with Gasteiger partial charge in [0.15, 0.2) is 11.5 Å². The number of halogens is 1. The summed E-state index contributed by atoms with van der Waals surface area (Å²) in [5, 5.41) is 0. The normalized spacial score (nSPS) is 23.2. The van der Waals surface area contributed by atoms with Crippen molar-refractivity contribution >= 4 is 11.9 Å². The topological polar surface area (TPSA) is 52.6 Å². The largest absolute Gasteiger partial charge is 0.423 e. The van der Waals surface area contributed by atoms with Crippen molar-refractivity contribution in [2.24, 2.45) is 17.8 Å². The van der Waals surface area contributed by atoms with E-state index in [-0.39, 0.29) is 23.4 Å². The Labute approximate surface area is 185 Å². The molecule has 0 bridgehead atoms. The van der Waals surface area contributed by atoms with E-state index < -0.39 is 11.8 Å². The van der Waals surface area contributed by atoms with E-state index in [4.69, 9.17) is 9.47 Å². The molecule has 2 aliphatic rings. The predicted octanol–water partition coefficient (Wildman–Crippen LogP) is 6.78. The van der Waals surface area contributed by atoms with Crippen LogP contribution in [0.15, 0.2) is 12.1 Å². The fraction of sp³-hybridized carbons (Fsp3) is 0.692. The molecule has 1 heterocycles. The Kier molecular flexibility index (Phi) is 8.91. The van der Waals surface area contributed by atoms with Crippen LogP contribution in [0.1, 0.15) is 96.5 Å². The Bertz CT molecular complexity index is 752. The van der Waals surface area contributed by atoms with E-state index in [1.54, 1.807) is 6.07 Å². The summed E-state index contributed by atoms with van der Waals surface area (Å²) >= 11 is 0. The molecule has 0 spiro atoms. The summed E-state index contributed by atoms with van der Waals surface area (Å²) in [6.45, 7) is 4.35. The van der Waals surface area contributed by atoms with Crippen molar-refractivity contribution in [1.29, 1.82) is 0 Å². The van der Waals surface area contributed by atoms with Crippen molar-refractivity contribution in [2.75, 3.05) is 0 Å². The molecular formula is C26H37FO4. The molecule has 5 heteroatoms. The highest BCUT2D eigenvalue weighted by atomic mass is 19.1. The van der Waals surface area contributed by atoms with Gasteiger partial charge in [0.2, 0.25) is 5.82 Å². The minimum Gasteiger partial charge on any atom is -0.423 e. The number of hydrogen-bond donors (Lipinski definition) is 0. The maximum atomic E-state index is 14.9. The number of rotatable bonds is 10. The maximum Gasteiger partial charge on any atom is 0.314 e. The zero-order valence-electron chi connectivity index (χ0n) is 19.1. The summed E-state index contributed by atoms with van der Waals surface area (Å²) in [4.78, 5) is 24.6. The molecule has 1 unspecified atom stereocenters. The van der Waals surface area contributed by atoms with Crippen LogP contribution < -0.4 is 9.47 Å². The molecule has 1 aliphatic heterocycles. The lowest BCUT2D eigenvalue weighted by atomic mass is 9.78. The molecule has 1 saturated carbocycles. The second-order valence-corrected chi connectivity index (χ2v) is 9.37. The number of ether oxygens (including phenoxy) is 2.